The molecule has 0 radical (unpaired) electrons. The second-order valence-corrected chi connectivity index (χ2v) is 5.56. The van der Waals surface area contributed by atoms with Crippen molar-refractivity contribution in [3.8, 4) is 0 Å². The van der Waals surface area contributed by atoms with Crippen LogP contribution in [0.25, 0.3) is 0 Å². The van der Waals surface area contributed by atoms with Crippen molar-refractivity contribution in [3.05, 3.63) is 34.1 Å². The van der Waals surface area contributed by atoms with Crippen molar-refractivity contribution in [2.24, 2.45) is 0 Å². The van der Waals surface area contributed by atoms with Crippen molar-refractivity contribution in [1.82, 2.24) is 10.2 Å². The van der Waals surface area contributed by atoms with Crippen LogP contribution in [0.15, 0.2) is 22.7 Å². The molecule has 0 saturated carbocycles. The van der Waals surface area contributed by atoms with E-state index in [0.29, 0.717) is 6.04 Å². The number of nitrogens with zero attached hydrogens (tertiary/aromatic N) is 1. The summed E-state index contributed by atoms with van der Waals surface area (Å²) in [7, 11) is 0. The molecule has 94 valence electrons. The number of piperazine rings is 1. The van der Waals surface area contributed by atoms with Crippen LogP contribution in [0.5, 0.6) is 0 Å². The third kappa shape index (κ3) is 3.76. The Morgan fingerprint density at radius 3 is 3.12 bits per heavy atom. The van der Waals surface area contributed by atoms with Gasteiger partial charge in [0, 0.05) is 36.7 Å². The summed E-state index contributed by atoms with van der Waals surface area (Å²) < 4.78 is 14.5. The van der Waals surface area contributed by atoms with Crippen molar-refractivity contribution < 1.29 is 4.39 Å². The molecule has 1 aromatic carbocycles. The predicted molar refractivity (Wildman–Crippen MR) is 71.7 cm³/mol. The third-order valence-corrected chi connectivity index (χ3v) is 3.65. The molecule has 2 nitrogen and oxygen atoms in total. The van der Waals surface area contributed by atoms with Crippen molar-refractivity contribution >= 4 is 15.9 Å². The van der Waals surface area contributed by atoms with Gasteiger partial charge in [0.25, 0.3) is 0 Å². The molecule has 1 saturated heterocycles. The first-order valence-corrected chi connectivity index (χ1v) is 6.84. The molecular weight excluding hydrogens is 283 g/mol. The Labute approximate surface area is 110 Å². The van der Waals surface area contributed by atoms with Crippen LogP contribution in [0, 0.1) is 5.82 Å². The zero-order valence-electron chi connectivity index (χ0n) is 10.0. The van der Waals surface area contributed by atoms with E-state index >= 15 is 0 Å². The Morgan fingerprint density at radius 1 is 1.53 bits per heavy atom. The Morgan fingerprint density at radius 2 is 2.35 bits per heavy atom. The lowest BCUT2D eigenvalue weighted by Gasteiger charge is -2.31. The summed E-state index contributed by atoms with van der Waals surface area (Å²) in [6.07, 6.45) is 0.776. The van der Waals surface area contributed by atoms with Crippen molar-refractivity contribution in [3.63, 3.8) is 0 Å². The molecule has 4 heteroatoms. The van der Waals surface area contributed by atoms with Crippen LogP contribution in [0.1, 0.15) is 12.5 Å². The number of hydrogen-bond acceptors (Lipinski definition) is 2. The molecule has 1 heterocycles. The lowest BCUT2D eigenvalue weighted by atomic mass is 10.1. The second kappa shape index (κ2) is 5.94. The molecule has 1 N–H and O–H groups in total. The van der Waals surface area contributed by atoms with Gasteiger partial charge < -0.3 is 10.2 Å². The maximum atomic E-state index is 13.5. The molecule has 1 aliphatic rings. The van der Waals surface area contributed by atoms with Gasteiger partial charge in [0.2, 0.25) is 0 Å². The first-order chi connectivity index (χ1) is 8.15. The summed E-state index contributed by atoms with van der Waals surface area (Å²) in [6, 6.07) is 5.68. The summed E-state index contributed by atoms with van der Waals surface area (Å²) in [5.74, 6) is -0.101. The molecule has 1 atom stereocenters. The van der Waals surface area contributed by atoms with E-state index < -0.39 is 0 Å². The van der Waals surface area contributed by atoms with Crippen LogP contribution in [0.4, 0.5) is 4.39 Å². The molecule has 0 spiro atoms. The molecule has 0 aromatic heterocycles. The Bertz CT molecular complexity index is 384. The first kappa shape index (κ1) is 13.0. The quantitative estimate of drug-likeness (QED) is 0.922. The highest BCUT2D eigenvalue weighted by Crippen LogP contribution is 2.16. The topological polar surface area (TPSA) is 15.3 Å². The molecule has 0 aliphatic carbocycles. The Balaban J connectivity index is 1.90. The first-order valence-electron chi connectivity index (χ1n) is 6.05. The number of benzene rings is 1. The van der Waals surface area contributed by atoms with E-state index in [2.05, 4.69) is 33.1 Å². The lowest BCUT2D eigenvalue weighted by molar-refractivity contribution is 0.209. The molecule has 0 bridgehead atoms. The second-order valence-electron chi connectivity index (χ2n) is 4.64. The smallest absolute Gasteiger partial charge is 0.126 e. The van der Waals surface area contributed by atoms with E-state index in [1.165, 1.54) is 6.07 Å². The predicted octanol–water partition coefficient (Wildman–Crippen LogP) is 2.42. The van der Waals surface area contributed by atoms with Crippen LogP contribution < -0.4 is 5.32 Å². The normalized spacial score (nSPS) is 21.7. The third-order valence-electron chi connectivity index (χ3n) is 3.16. The molecule has 1 aliphatic heterocycles. The summed E-state index contributed by atoms with van der Waals surface area (Å²) in [5, 5.41) is 3.41. The van der Waals surface area contributed by atoms with Gasteiger partial charge in [-0.2, -0.15) is 0 Å². The molecule has 2 rings (SSSR count). The van der Waals surface area contributed by atoms with Crippen molar-refractivity contribution in [2.45, 2.75) is 19.4 Å². The van der Waals surface area contributed by atoms with Crippen LogP contribution in [-0.2, 0) is 6.42 Å². The highest BCUT2D eigenvalue weighted by molar-refractivity contribution is 9.10. The van der Waals surface area contributed by atoms with Gasteiger partial charge in [-0.05, 0) is 37.1 Å². The van der Waals surface area contributed by atoms with E-state index in [1.54, 1.807) is 6.07 Å². The summed E-state index contributed by atoms with van der Waals surface area (Å²) in [5.41, 5.74) is 0.797. The molecular formula is C13H18BrFN2. The zero-order valence-corrected chi connectivity index (χ0v) is 11.6. The zero-order chi connectivity index (χ0) is 12.3. The molecule has 1 aromatic rings. The monoisotopic (exact) mass is 300 g/mol. The van der Waals surface area contributed by atoms with Gasteiger partial charge in [0.15, 0.2) is 0 Å². The van der Waals surface area contributed by atoms with Crippen molar-refractivity contribution in [2.75, 3.05) is 26.2 Å². The van der Waals surface area contributed by atoms with E-state index in [-0.39, 0.29) is 5.82 Å². The van der Waals surface area contributed by atoms with E-state index in [1.807, 2.05) is 6.07 Å². The van der Waals surface area contributed by atoms with E-state index in [0.717, 1.165) is 42.6 Å². The fourth-order valence-corrected chi connectivity index (χ4v) is 2.64. The van der Waals surface area contributed by atoms with Crippen molar-refractivity contribution in [1.29, 1.82) is 0 Å². The fraction of sp³-hybridized carbons (Fsp3) is 0.538. The van der Waals surface area contributed by atoms with Crippen LogP contribution in [0.2, 0.25) is 0 Å². The number of halogens is 2. The number of rotatable bonds is 3. The summed E-state index contributed by atoms with van der Waals surface area (Å²) >= 11 is 3.38. The average molecular weight is 301 g/mol. The standard InChI is InChI=1S/C13H18BrFN2/c1-10-9-17(7-5-16-10)6-4-11-8-12(14)2-3-13(11)15/h2-3,8,10,16H,4-7,9H2,1H3/t10-/m0/s1. The maximum absolute atomic E-state index is 13.5. The van der Waals surface area contributed by atoms with Gasteiger partial charge >= 0.3 is 0 Å². The minimum Gasteiger partial charge on any atom is -0.312 e. The van der Waals surface area contributed by atoms with Gasteiger partial charge in [-0.25, -0.2) is 4.39 Å². The van der Waals surface area contributed by atoms with Gasteiger partial charge in [0.05, 0.1) is 0 Å². The fourth-order valence-electron chi connectivity index (χ4n) is 2.23. The largest absolute Gasteiger partial charge is 0.312 e. The minimum atomic E-state index is -0.101. The van der Waals surface area contributed by atoms with Gasteiger partial charge in [-0.15, -0.1) is 0 Å². The molecule has 0 amide bonds. The summed E-state index contributed by atoms with van der Waals surface area (Å²) in [6.45, 7) is 6.25. The molecule has 17 heavy (non-hydrogen) atoms. The van der Waals surface area contributed by atoms with Crippen LogP contribution in [-0.4, -0.2) is 37.1 Å². The van der Waals surface area contributed by atoms with Gasteiger partial charge in [0.1, 0.15) is 5.82 Å². The van der Waals surface area contributed by atoms with Crippen LogP contribution in [0.3, 0.4) is 0 Å². The van der Waals surface area contributed by atoms with E-state index in [4.69, 9.17) is 0 Å². The molecule has 1 fully saturated rings. The van der Waals surface area contributed by atoms with Gasteiger partial charge in [-0.1, -0.05) is 15.9 Å². The number of nitrogens with one attached hydrogen (secondary N) is 1. The van der Waals surface area contributed by atoms with E-state index in [9.17, 15) is 4.39 Å². The Kier molecular flexibility index (Phi) is 4.54. The average Bonchev–Trinajstić information content (AvgIpc) is 2.30. The summed E-state index contributed by atoms with van der Waals surface area (Å²) in [4.78, 5) is 2.39. The van der Waals surface area contributed by atoms with Crippen LogP contribution >= 0.6 is 15.9 Å². The molecule has 0 unspecified atom stereocenters. The minimum absolute atomic E-state index is 0.101. The Hall–Kier alpha value is -0.450. The highest BCUT2D eigenvalue weighted by atomic mass is 79.9. The number of hydrogen-bond donors (Lipinski definition) is 1. The highest BCUT2D eigenvalue weighted by Gasteiger charge is 2.15. The maximum Gasteiger partial charge on any atom is 0.126 e. The SMILES string of the molecule is C[C@H]1CN(CCc2cc(Br)ccc2F)CCN1. The van der Waals surface area contributed by atoms with Gasteiger partial charge in [-0.3, -0.25) is 0 Å². The lowest BCUT2D eigenvalue weighted by Crippen LogP contribution is -2.49.